The summed E-state index contributed by atoms with van der Waals surface area (Å²) in [6, 6.07) is 3.65. The topological polar surface area (TPSA) is 110 Å². The predicted octanol–water partition coefficient (Wildman–Crippen LogP) is 2.73. The van der Waals surface area contributed by atoms with Gasteiger partial charge in [0.25, 0.3) is 5.91 Å². The predicted molar refractivity (Wildman–Crippen MR) is 147 cm³/mol. The van der Waals surface area contributed by atoms with Gasteiger partial charge in [0.15, 0.2) is 0 Å². The number of carbonyl (C=O) groups excluding carboxylic acids is 3. The number of aromatic amines is 1. The smallest absolute Gasteiger partial charge is 0.257 e. The quantitative estimate of drug-likeness (QED) is 0.553. The zero-order valence-corrected chi connectivity index (χ0v) is 23.5. The van der Waals surface area contributed by atoms with Gasteiger partial charge in [0.2, 0.25) is 11.8 Å². The number of aryl methyl sites for hydroxylation is 3. The van der Waals surface area contributed by atoms with Crippen LogP contribution in [0.25, 0.3) is 0 Å². The lowest BCUT2D eigenvalue weighted by Crippen LogP contribution is -2.54. The van der Waals surface area contributed by atoms with Gasteiger partial charge in [-0.05, 0) is 56.2 Å². The fourth-order valence-corrected chi connectivity index (χ4v) is 5.37. The molecular weight excluding hydrogens is 499 g/mol. The average molecular weight is 541 g/mol. The number of fused-ring (bicyclic) bond motifs is 3. The maximum atomic E-state index is 14.7. The standard InChI is InChI=1S/C29H41FN6O3/c1-5-26-32-19(4)24(33-26)16-35-15-23(18(2)3)34-28(38)25-9-7-13-36(25)29(39)21-14-20(10-11-22(21)30)8-6-12-31-27(37)17-35/h10-11,14,18,23,25H,5-9,12-13,15-17H2,1-4H3,(H,31,37)(H,32,33)(H,34,38)/t23-,25-/m0/s1. The van der Waals surface area contributed by atoms with Crippen LogP contribution in [0, 0.1) is 18.7 Å². The molecule has 2 aliphatic rings. The first kappa shape index (κ1) is 28.7. The van der Waals surface area contributed by atoms with E-state index in [2.05, 4.69) is 15.6 Å². The van der Waals surface area contributed by atoms with Crippen molar-refractivity contribution >= 4 is 17.7 Å². The van der Waals surface area contributed by atoms with Crippen molar-refractivity contribution in [2.24, 2.45) is 5.92 Å². The van der Waals surface area contributed by atoms with Crippen molar-refractivity contribution in [3.8, 4) is 0 Å². The van der Waals surface area contributed by atoms with Crippen molar-refractivity contribution in [3.05, 3.63) is 52.4 Å². The molecule has 2 aromatic rings. The zero-order chi connectivity index (χ0) is 28.1. The molecule has 2 bridgehead atoms. The molecule has 9 nitrogen and oxygen atoms in total. The van der Waals surface area contributed by atoms with Gasteiger partial charge >= 0.3 is 0 Å². The Morgan fingerprint density at radius 3 is 2.69 bits per heavy atom. The molecule has 0 radical (unpaired) electrons. The lowest BCUT2D eigenvalue weighted by Gasteiger charge is -2.32. The van der Waals surface area contributed by atoms with Crippen LogP contribution < -0.4 is 10.6 Å². The van der Waals surface area contributed by atoms with Crippen LogP contribution in [0.4, 0.5) is 4.39 Å². The molecule has 2 aliphatic heterocycles. The van der Waals surface area contributed by atoms with E-state index in [1.54, 1.807) is 12.1 Å². The summed E-state index contributed by atoms with van der Waals surface area (Å²) in [5.41, 5.74) is 2.66. The number of imidazole rings is 1. The van der Waals surface area contributed by atoms with E-state index in [-0.39, 0.29) is 35.9 Å². The number of nitrogens with one attached hydrogen (secondary N) is 3. The normalized spacial score (nSPS) is 22.0. The zero-order valence-electron chi connectivity index (χ0n) is 23.5. The third kappa shape index (κ3) is 7.03. The minimum Gasteiger partial charge on any atom is -0.355 e. The molecule has 10 heteroatoms. The monoisotopic (exact) mass is 540 g/mol. The minimum atomic E-state index is -0.657. The van der Waals surface area contributed by atoms with E-state index in [0.717, 1.165) is 29.2 Å². The number of hydrogen-bond donors (Lipinski definition) is 3. The van der Waals surface area contributed by atoms with E-state index in [1.807, 2.05) is 32.6 Å². The van der Waals surface area contributed by atoms with Crippen molar-refractivity contribution in [2.75, 3.05) is 26.2 Å². The van der Waals surface area contributed by atoms with Crippen LogP contribution in [-0.4, -0.2) is 75.8 Å². The highest BCUT2D eigenvalue weighted by Gasteiger charge is 2.37. The number of halogens is 1. The first-order chi connectivity index (χ1) is 18.7. The molecule has 3 amide bonds. The fraction of sp³-hybridized carbons (Fsp3) is 0.586. The summed E-state index contributed by atoms with van der Waals surface area (Å²) in [4.78, 5) is 51.4. The highest BCUT2D eigenvalue weighted by atomic mass is 19.1. The highest BCUT2D eigenvalue weighted by Crippen LogP contribution is 2.23. The van der Waals surface area contributed by atoms with Gasteiger partial charge in [-0.3, -0.25) is 19.3 Å². The summed E-state index contributed by atoms with van der Waals surface area (Å²) in [6.45, 7) is 10.0. The second-order valence-corrected chi connectivity index (χ2v) is 11.1. The van der Waals surface area contributed by atoms with E-state index < -0.39 is 17.8 Å². The molecule has 1 aromatic heterocycles. The second-order valence-electron chi connectivity index (χ2n) is 11.1. The maximum absolute atomic E-state index is 14.7. The summed E-state index contributed by atoms with van der Waals surface area (Å²) in [7, 11) is 0. The Labute approximate surface area is 229 Å². The van der Waals surface area contributed by atoms with Crippen LogP contribution in [0.5, 0.6) is 0 Å². The lowest BCUT2D eigenvalue weighted by atomic mass is 10.0. The van der Waals surface area contributed by atoms with Gasteiger partial charge < -0.3 is 20.5 Å². The summed E-state index contributed by atoms with van der Waals surface area (Å²) in [5, 5.41) is 6.15. The van der Waals surface area contributed by atoms with Gasteiger partial charge in [0.05, 0.1) is 17.8 Å². The van der Waals surface area contributed by atoms with Crippen LogP contribution in [0.15, 0.2) is 18.2 Å². The molecule has 1 fully saturated rings. The highest BCUT2D eigenvalue weighted by molar-refractivity contribution is 5.98. The summed E-state index contributed by atoms with van der Waals surface area (Å²) >= 11 is 0. The number of hydrogen-bond acceptors (Lipinski definition) is 5. The van der Waals surface area contributed by atoms with E-state index in [0.29, 0.717) is 51.9 Å². The first-order valence-corrected chi connectivity index (χ1v) is 14.1. The van der Waals surface area contributed by atoms with Crippen molar-refractivity contribution in [1.82, 2.24) is 30.4 Å². The third-order valence-corrected chi connectivity index (χ3v) is 7.74. The van der Waals surface area contributed by atoms with Crippen molar-refractivity contribution in [1.29, 1.82) is 0 Å². The van der Waals surface area contributed by atoms with Gasteiger partial charge in [-0.1, -0.05) is 26.8 Å². The number of nitrogens with zero attached hydrogens (tertiary/aromatic N) is 3. The number of H-pyrrole nitrogens is 1. The average Bonchev–Trinajstić information content (AvgIpc) is 3.53. The molecular formula is C29H41FN6O3. The Kier molecular flexibility index (Phi) is 9.37. The Morgan fingerprint density at radius 1 is 1.18 bits per heavy atom. The van der Waals surface area contributed by atoms with E-state index >= 15 is 0 Å². The van der Waals surface area contributed by atoms with Gasteiger partial charge in [0, 0.05) is 44.3 Å². The number of aromatic nitrogens is 2. The van der Waals surface area contributed by atoms with Crippen molar-refractivity contribution in [3.63, 3.8) is 0 Å². The van der Waals surface area contributed by atoms with Gasteiger partial charge in [0.1, 0.15) is 17.7 Å². The van der Waals surface area contributed by atoms with E-state index in [9.17, 15) is 18.8 Å². The first-order valence-electron chi connectivity index (χ1n) is 14.1. The SMILES string of the molecule is CCc1nc(CN2CC(=O)NCCCc3ccc(F)c(c3)C(=O)N3CCC[C@H]3C(=O)N[C@H](C(C)C)C2)c(C)[nH]1. The molecule has 3 heterocycles. The van der Waals surface area contributed by atoms with E-state index in [1.165, 1.54) is 11.0 Å². The van der Waals surface area contributed by atoms with Crippen LogP contribution in [-0.2, 0) is 29.0 Å². The summed E-state index contributed by atoms with van der Waals surface area (Å²) in [6.07, 6.45) is 3.25. The lowest BCUT2D eigenvalue weighted by molar-refractivity contribution is -0.126. The van der Waals surface area contributed by atoms with Crippen molar-refractivity contribution < 1.29 is 18.8 Å². The Balaban J connectivity index is 1.62. The molecule has 0 spiro atoms. The molecule has 0 aliphatic carbocycles. The summed E-state index contributed by atoms with van der Waals surface area (Å²) in [5.74, 6) is -0.405. The molecule has 2 atom stereocenters. The van der Waals surface area contributed by atoms with Gasteiger partial charge in [-0.15, -0.1) is 0 Å². The van der Waals surface area contributed by atoms with Crippen LogP contribution >= 0.6 is 0 Å². The third-order valence-electron chi connectivity index (χ3n) is 7.74. The van der Waals surface area contributed by atoms with Crippen LogP contribution in [0.3, 0.4) is 0 Å². The Morgan fingerprint density at radius 2 is 1.97 bits per heavy atom. The molecule has 0 saturated carbocycles. The number of benzene rings is 1. The Hall–Kier alpha value is -3.27. The maximum Gasteiger partial charge on any atom is 0.257 e. The second kappa shape index (κ2) is 12.7. The number of amides is 3. The minimum absolute atomic E-state index is 0.00652. The molecule has 1 saturated heterocycles. The fourth-order valence-electron chi connectivity index (χ4n) is 5.37. The molecule has 1 aromatic carbocycles. The number of carbonyl (C=O) groups is 3. The van der Waals surface area contributed by atoms with E-state index in [4.69, 9.17) is 4.98 Å². The largest absolute Gasteiger partial charge is 0.355 e. The van der Waals surface area contributed by atoms with Crippen molar-refractivity contribution in [2.45, 2.75) is 78.4 Å². The van der Waals surface area contributed by atoms with Gasteiger partial charge in [-0.2, -0.15) is 0 Å². The van der Waals surface area contributed by atoms with Crippen LogP contribution in [0.1, 0.15) is 73.2 Å². The molecule has 0 unspecified atom stereocenters. The molecule has 212 valence electrons. The van der Waals surface area contributed by atoms with Gasteiger partial charge in [-0.25, -0.2) is 9.37 Å². The summed E-state index contributed by atoms with van der Waals surface area (Å²) < 4.78 is 14.7. The molecule has 39 heavy (non-hydrogen) atoms. The van der Waals surface area contributed by atoms with Crippen LogP contribution in [0.2, 0.25) is 0 Å². The molecule has 4 rings (SSSR count). The molecule has 3 N–H and O–H groups in total. The number of rotatable bonds is 4. The Bertz CT molecular complexity index is 1200.